The minimum absolute atomic E-state index is 0. The van der Waals surface area contributed by atoms with Gasteiger partial charge in [0.1, 0.15) is 28.7 Å². The Hall–Kier alpha value is -2.84. The SMILES string of the molecule is Cc1ccc(N2C[C@]3(CC[C@@H](CNc4ccn(-c5ccccc5F)n4)CC3)OC2=O)nc1.Cl.Cl. The van der Waals surface area contributed by atoms with Gasteiger partial charge in [0.2, 0.25) is 0 Å². The lowest BCUT2D eigenvalue weighted by atomic mass is 9.78. The topological polar surface area (TPSA) is 72.3 Å². The second kappa shape index (κ2) is 10.6. The Morgan fingerprint density at radius 2 is 1.91 bits per heavy atom. The first-order valence-corrected chi connectivity index (χ1v) is 11.0. The molecule has 3 aromatic rings. The molecule has 2 fully saturated rings. The van der Waals surface area contributed by atoms with E-state index in [0.717, 1.165) is 43.6 Å². The van der Waals surface area contributed by atoms with Crippen LogP contribution in [0.4, 0.5) is 20.8 Å². The molecule has 0 atom stereocenters. The van der Waals surface area contributed by atoms with Crippen LogP contribution in [0.3, 0.4) is 0 Å². The quantitative estimate of drug-likeness (QED) is 0.489. The van der Waals surface area contributed by atoms with Gasteiger partial charge in [0.25, 0.3) is 0 Å². The molecule has 1 aliphatic heterocycles. The van der Waals surface area contributed by atoms with Crippen molar-refractivity contribution in [2.45, 2.75) is 38.2 Å². The number of anilines is 2. The first kappa shape index (κ1) is 25.8. The molecule has 0 unspecified atom stereocenters. The summed E-state index contributed by atoms with van der Waals surface area (Å²) in [5.41, 5.74) is 1.06. The molecule has 34 heavy (non-hydrogen) atoms. The van der Waals surface area contributed by atoms with Gasteiger partial charge in [-0.15, -0.1) is 24.8 Å². The lowest BCUT2D eigenvalue weighted by molar-refractivity contribution is 0.0148. The monoisotopic (exact) mass is 507 g/mol. The Morgan fingerprint density at radius 1 is 1.15 bits per heavy atom. The van der Waals surface area contributed by atoms with E-state index in [1.54, 1.807) is 40.2 Å². The van der Waals surface area contributed by atoms with Crippen LogP contribution in [0, 0.1) is 18.7 Å². The van der Waals surface area contributed by atoms with Crippen molar-refractivity contribution in [3.63, 3.8) is 0 Å². The van der Waals surface area contributed by atoms with E-state index < -0.39 is 5.60 Å². The van der Waals surface area contributed by atoms with Crippen molar-refractivity contribution in [2.75, 3.05) is 23.3 Å². The number of nitrogens with zero attached hydrogens (tertiary/aromatic N) is 4. The largest absolute Gasteiger partial charge is 0.441 e. The molecule has 2 aliphatic rings. The molecule has 10 heteroatoms. The second-order valence-electron chi connectivity index (χ2n) is 8.75. The van der Waals surface area contributed by atoms with E-state index in [4.69, 9.17) is 4.74 Å². The Balaban J connectivity index is 0.00000162. The molecular weight excluding hydrogens is 480 g/mol. The van der Waals surface area contributed by atoms with Crippen LogP contribution in [0.25, 0.3) is 5.69 Å². The van der Waals surface area contributed by atoms with E-state index >= 15 is 0 Å². The highest BCUT2D eigenvalue weighted by molar-refractivity contribution is 5.89. The summed E-state index contributed by atoms with van der Waals surface area (Å²) in [6, 6.07) is 12.2. The van der Waals surface area contributed by atoms with Gasteiger partial charge in [-0.1, -0.05) is 18.2 Å². The summed E-state index contributed by atoms with van der Waals surface area (Å²) in [6.07, 6.45) is 6.80. The average molecular weight is 508 g/mol. The zero-order valence-electron chi connectivity index (χ0n) is 18.8. The Bertz CT molecular complexity index is 1120. The van der Waals surface area contributed by atoms with Gasteiger partial charge in [0, 0.05) is 25.0 Å². The van der Waals surface area contributed by atoms with Crippen LogP contribution in [-0.2, 0) is 4.74 Å². The second-order valence-corrected chi connectivity index (χ2v) is 8.75. The van der Waals surface area contributed by atoms with Crippen LogP contribution in [-0.4, -0.2) is 39.5 Å². The average Bonchev–Trinajstić information content (AvgIpc) is 3.39. The number of nitrogens with one attached hydrogen (secondary N) is 1. The number of hydrogen-bond acceptors (Lipinski definition) is 5. The summed E-state index contributed by atoms with van der Waals surface area (Å²) in [5.74, 6) is 1.52. The summed E-state index contributed by atoms with van der Waals surface area (Å²) >= 11 is 0. The van der Waals surface area contributed by atoms with E-state index in [2.05, 4.69) is 15.4 Å². The number of aryl methyl sites for hydroxylation is 1. The molecule has 2 aromatic heterocycles. The number of carbonyl (C=O) groups is 1. The number of carbonyl (C=O) groups excluding carboxylic acids is 1. The van der Waals surface area contributed by atoms with Gasteiger partial charge in [-0.2, -0.15) is 5.10 Å². The van der Waals surface area contributed by atoms with Gasteiger partial charge in [0.15, 0.2) is 0 Å². The zero-order valence-corrected chi connectivity index (χ0v) is 20.4. The van der Waals surface area contributed by atoms with Crippen LogP contribution < -0.4 is 10.2 Å². The Labute approximate surface area is 210 Å². The van der Waals surface area contributed by atoms with Crippen molar-refractivity contribution in [2.24, 2.45) is 5.92 Å². The van der Waals surface area contributed by atoms with E-state index in [1.165, 1.54) is 6.07 Å². The minimum Gasteiger partial charge on any atom is -0.441 e. The molecule has 0 bridgehead atoms. The Morgan fingerprint density at radius 3 is 2.62 bits per heavy atom. The predicted molar refractivity (Wildman–Crippen MR) is 134 cm³/mol. The molecule has 7 nitrogen and oxygen atoms in total. The summed E-state index contributed by atoms with van der Waals surface area (Å²) < 4.78 is 21.3. The highest BCUT2D eigenvalue weighted by Crippen LogP contribution is 2.40. The van der Waals surface area contributed by atoms with Crippen molar-refractivity contribution >= 4 is 42.5 Å². The van der Waals surface area contributed by atoms with Crippen LogP contribution in [0.1, 0.15) is 31.2 Å². The standard InChI is InChI=1S/C24H26FN5O2.2ClH/c1-17-6-7-22(27-14-17)29-16-24(32-23(29)31)11-8-18(9-12-24)15-26-21-10-13-30(28-21)20-5-3-2-4-19(20)25;;/h2-7,10,13-14,18H,8-9,11-12,15-16H2,1H3,(H,26,28);2*1H/t18-,24-;;. The van der Waals surface area contributed by atoms with Crippen molar-refractivity contribution < 1.29 is 13.9 Å². The van der Waals surface area contributed by atoms with Crippen molar-refractivity contribution in [3.05, 3.63) is 66.2 Å². The maximum Gasteiger partial charge on any atom is 0.416 e. The molecule has 5 rings (SSSR count). The van der Waals surface area contributed by atoms with Gasteiger partial charge in [0.05, 0.1) is 6.54 Å². The lowest BCUT2D eigenvalue weighted by Gasteiger charge is -2.35. The van der Waals surface area contributed by atoms with Crippen molar-refractivity contribution in [3.8, 4) is 5.69 Å². The summed E-state index contributed by atoms with van der Waals surface area (Å²) in [5, 5.41) is 7.81. The zero-order chi connectivity index (χ0) is 22.1. The van der Waals surface area contributed by atoms with Crippen molar-refractivity contribution in [1.29, 1.82) is 0 Å². The third-order valence-electron chi connectivity index (χ3n) is 6.42. The highest BCUT2D eigenvalue weighted by atomic mass is 35.5. The molecule has 1 N–H and O–H groups in total. The fourth-order valence-corrected chi connectivity index (χ4v) is 4.53. The number of ether oxygens (including phenoxy) is 1. The first-order chi connectivity index (χ1) is 15.5. The van der Waals surface area contributed by atoms with Gasteiger partial charge in [-0.3, -0.25) is 4.90 Å². The van der Waals surface area contributed by atoms with E-state index in [-0.39, 0.29) is 36.7 Å². The summed E-state index contributed by atoms with van der Waals surface area (Å²) in [6.45, 7) is 3.30. The smallest absolute Gasteiger partial charge is 0.416 e. The molecule has 1 saturated heterocycles. The molecule has 1 amide bonds. The van der Waals surface area contributed by atoms with Crippen LogP contribution >= 0.6 is 24.8 Å². The molecular formula is C24H28Cl2FN5O2. The Kier molecular flexibility index (Phi) is 8.05. The molecule has 182 valence electrons. The number of halogens is 3. The molecule has 1 aromatic carbocycles. The number of benzene rings is 1. The third kappa shape index (κ3) is 5.28. The van der Waals surface area contributed by atoms with E-state index in [1.807, 2.05) is 25.1 Å². The highest BCUT2D eigenvalue weighted by Gasteiger charge is 2.48. The number of rotatable bonds is 5. The number of pyridine rings is 1. The summed E-state index contributed by atoms with van der Waals surface area (Å²) in [7, 11) is 0. The molecule has 1 saturated carbocycles. The van der Waals surface area contributed by atoms with Crippen LogP contribution in [0.2, 0.25) is 0 Å². The molecule has 3 heterocycles. The third-order valence-corrected chi connectivity index (χ3v) is 6.42. The number of hydrogen-bond donors (Lipinski definition) is 1. The molecule has 0 radical (unpaired) electrons. The van der Waals surface area contributed by atoms with E-state index in [0.29, 0.717) is 24.0 Å². The lowest BCUT2D eigenvalue weighted by Crippen LogP contribution is -2.39. The fraction of sp³-hybridized carbons (Fsp3) is 0.375. The summed E-state index contributed by atoms with van der Waals surface area (Å²) in [4.78, 5) is 18.5. The van der Waals surface area contributed by atoms with Gasteiger partial charge in [-0.25, -0.2) is 18.9 Å². The molecule has 1 spiro atoms. The maximum atomic E-state index is 14.0. The van der Waals surface area contributed by atoms with Gasteiger partial charge < -0.3 is 10.1 Å². The predicted octanol–water partition coefficient (Wildman–Crippen LogP) is 5.56. The fourth-order valence-electron chi connectivity index (χ4n) is 4.53. The minimum atomic E-state index is -0.424. The van der Waals surface area contributed by atoms with Crippen LogP contribution in [0.15, 0.2) is 54.9 Å². The van der Waals surface area contributed by atoms with Crippen molar-refractivity contribution in [1.82, 2.24) is 14.8 Å². The number of aromatic nitrogens is 3. The van der Waals surface area contributed by atoms with E-state index in [9.17, 15) is 9.18 Å². The van der Waals surface area contributed by atoms with Gasteiger partial charge >= 0.3 is 6.09 Å². The maximum absolute atomic E-state index is 14.0. The first-order valence-electron chi connectivity index (χ1n) is 11.0. The van der Waals surface area contributed by atoms with Crippen LogP contribution in [0.5, 0.6) is 0 Å². The number of para-hydroxylation sites is 1. The normalized spacial score (nSPS) is 21.5. The number of amides is 1. The van der Waals surface area contributed by atoms with Gasteiger partial charge in [-0.05, 0) is 62.3 Å². The molecule has 1 aliphatic carbocycles.